The molecule has 0 spiro atoms. The van der Waals surface area contributed by atoms with Crippen LogP contribution in [0.5, 0.6) is 6.01 Å². The molecule has 2 aliphatic rings. The summed E-state index contributed by atoms with van der Waals surface area (Å²) in [6.07, 6.45) is 3.97. The molecule has 1 saturated carbocycles. The first kappa shape index (κ1) is 16.0. The number of aliphatic hydroxyl groups is 2. The summed E-state index contributed by atoms with van der Waals surface area (Å²) < 4.78 is 13.1. The largest absolute Gasteiger partial charge is 0.460 e. The van der Waals surface area contributed by atoms with E-state index in [1.165, 1.54) is 6.33 Å². The van der Waals surface area contributed by atoms with Crippen molar-refractivity contribution in [1.29, 1.82) is 0 Å². The Morgan fingerprint density at radius 2 is 2.04 bits per heavy atom. The van der Waals surface area contributed by atoms with E-state index in [-0.39, 0.29) is 18.0 Å². The van der Waals surface area contributed by atoms with Crippen LogP contribution < -0.4 is 4.74 Å². The van der Waals surface area contributed by atoms with Crippen molar-refractivity contribution in [2.45, 2.75) is 56.3 Å². The van der Waals surface area contributed by atoms with Gasteiger partial charge in [-0.25, -0.2) is 9.97 Å². The molecule has 0 aromatic carbocycles. The monoisotopic (exact) mass is 354 g/mol. The first-order chi connectivity index (χ1) is 11.7. The van der Waals surface area contributed by atoms with Crippen LogP contribution in [0, 0.1) is 0 Å². The zero-order valence-electron chi connectivity index (χ0n) is 13.0. The van der Waals surface area contributed by atoms with E-state index < -0.39 is 24.5 Å². The van der Waals surface area contributed by atoms with Crippen molar-refractivity contribution >= 4 is 22.8 Å². The summed E-state index contributed by atoms with van der Waals surface area (Å²) in [5.41, 5.74) is 1.05. The molecule has 4 rings (SSSR count). The molecule has 2 aromatic heterocycles. The van der Waals surface area contributed by atoms with E-state index >= 15 is 0 Å². The minimum absolute atomic E-state index is 0.0897. The molecule has 0 radical (unpaired) electrons. The van der Waals surface area contributed by atoms with Crippen LogP contribution >= 0.6 is 11.6 Å². The molecule has 24 heavy (non-hydrogen) atoms. The molecule has 1 aliphatic carbocycles. The SMILES string of the molecule is O[C@@H]1[C@H](O)[C@@H](CCl)O[C@H]1n1cnc2cnc(OC3CCCC3)nc21. The van der Waals surface area contributed by atoms with Crippen molar-refractivity contribution in [2.24, 2.45) is 0 Å². The Kier molecular flexibility index (Phi) is 4.29. The van der Waals surface area contributed by atoms with Gasteiger partial charge in [-0.1, -0.05) is 0 Å². The second kappa shape index (κ2) is 6.44. The normalized spacial score (nSPS) is 31.1. The van der Waals surface area contributed by atoms with Gasteiger partial charge in [-0.05, 0) is 25.7 Å². The maximum absolute atomic E-state index is 10.2. The van der Waals surface area contributed by atoms with Crippen LogP contribution in [0.15, 0.2) is 12.5 Å². The van der Waals surface area contributed by atoms with E-state index in [9.17, 15) is 10.2 Å². The minimum Gasteiger partial charge on any atom is -0.460 e. The summed E-state index contributed by atoms with van der Waals surface area (Å²) in [4.78, 5) is 12.8. The first-order valence-electron chi connectivity index (χ1n) is 8.11. The molecule has 130 valence electrons. The predicted octanol–water partition coefficient (Wildman–Crippen LogP) is 1.01. The molecule has 0 amide bonds. The van der Waals surface area contributed by atoms with Crippen LogP contribution in [0.2, 0.25) is 0 Å². The van der Waals surface area contributed by atoms with Gasteiger partial charge in [0, 0.05) is 0 Å². The number of hydrogen-bond donors (Lipinski definition) is 2. The van der Waals surface area contributed by atoms with Crippen LogP contribution in [-0.4, -0.2) is 60.0 Å². The van der Waals surface area contributed by atoms with Gasteiger partial charge in [0.15, 0.2) is 11.9 Å². The molecule has 2 N–H and O–H groups in total. The standard InChI is InChI=1S/C15H19ClN4O4/c16-5-10-11(21)12(22)14(24-10)20-7-18-9-6-17-15(19-13(9)20)23-8-3-1-2-4-8/h6-8,10-12,14,21-22H,1-5H2/t10-,11-,12-,14-/m1/s1. The number of aromatic nitrogens is 4. The van der Waals surface area contributed by atoms with E-state index in [0.29, 0.717) is 11.2 Å². The van der Waals surface area contributed by atoms with Crippen LogP contribution in [0.25, 0.3) is 11.2 Å². The average molecular weight is 355 g/mol. The number of fused-ring (bicyclic) bond motifs is 1. The molecule has 9 heteroatoms. The van der Waals surface area contributed by atoms with E-state index in [1.54, 1.807) is 10.8 Å². The molecule has 0 unspecified atom stereocenters. The molecule has 4 atom stereocenters. The molecule has 0 bridgehead atoms. The molecule has 1 aliphatic heterocycles. The van der Waals surface area contributed by atoms with Gasteiger partial charge in [0.1, 0.15) is 29.9 Å². The highest BCUT2D eigenvalue weighted by atomic mass is 35.5. The summed E-state index contributed by atoms with van der Waals surface area (Å²) in [5, 5.41) is 20.2. The fourth-order valence-electron chi connectivity index (χ4n) is 3.30. The van der Waals surface area contributed by atoms with E-state index in [2.05, 4.69) is 15.0 Å². The van der Waals surface area contributed by atoms with Crippen LogP contribution in [-0.2, 0) is 4.74 Å². The molecule has 8 nitrogen and oxygen atoms in total. The lowest BCUT2D eigenvalue weighted by Crippen LogP contribution is -2.32. The zero-order valence-corrected chi connectivity index (χ0v) is 13.7. The van der Waals surface area contributed by atoms with Crippen molar-refractivity contribution in [2.75, 3.05) is 5.88 Å². The number of aliphatic hydroxyl groups excluding tert-OH is 2. The lowest BCUT2D eigenvalue weighted by atomic mass is 10.1. The number of hydrogen-bond acceptors (Lipinski definition) is 7. The number of alkyl halides is 1. The molecule has 1 saturated heterocycles. The summed E-state index contributed by atoms with van der Waals surface area (Å²) in [7, 11) is 0. The molecular weight excluding hydrogens is 336 g/mol. The lowest BCUT2D eigenvalue weighted by Gasteiger charge is -2.17. The molecule has 3 heterocycles. The first-order valence-corrected chi connectivity index (χ1v) is 8.64. The van der Waals surface area contributed by atoms with Gasteiger partial charge >= 0.3 is 6.01 Å². The Bertz CT molecular complexity index is 721. The van der Waals surface area contributed by atoms with Crippen LogP contribution in [0.3, 0.4) is 0 Å². The van der Waals surface area contributed by atoms with Crippen LogP contribution in [0.4, 0.5) is 0 Å². The highest BCUT2D eigenvalue weighted by Gasteiger charge is 2.43. The van der Waals surface area contributed by atoms with Gasteiger partial charge in [0.25, 0.3) is 0 Å². The van der Waals surface area contributed by atoms with E-state index in [0.717, 1.165) is 25.7 Å². The zero-order chi connectivity index (χ0) is 16.7. The summed E-state index contributed by atoms with van der Waals surface area (Å²) in [5.74, 6) is 0.0897. The third-order valence-corrected chi connectivity index (χ3v) is 4.94. The highest BCUT2D eigenvalue weighted by molar-refractivity contribution is 6.18. The molecular formula is C15H19ClN4O4. The third-order valence-electron chi connectivity index (χ3n) is 4.63. The van der Waals surface area contributed by atoms with Crippen molar-refractivity contribution < 1.29 is 19.7 Å². The lowest BCUT2D eigenvalue weighted by molar-refractivity contribution is -0.0292. The number of halogens is 1. The van der Waals surface area contributed by atoms with Crippen molar-refractivity contribution in [3.05, 3.63) is 12.5 Å². The predicted molar refractivity (Wildman–Crippen MR) is 84.9 cm³/mol. The molecule has 2 fully saturated rings. The van der Waals surface area contributed by atoms with Gasteiger partial charge in [0.05, 0.1) is 18.4 Å². The minimum atomic E-state index is -1.11. The maximum Gasteiger partial charge on any atom is 0.318 e. The van der Waals surface area contributed by atoms with Crippen LogP contribution in [0.1, 0.15) is 31.9 Å². The van der Waals surface area contributed by atoms with Gasteiger partial charge in [0.2, 0.25) is 0 Å². The summed E-state index contributed by atoms with van der Waals surface area (Å²) in [6, 6.07) is 0.290. The quantitative estimate of drug-likeness (QED) is 0.790. The Morgan fingerprint density at radius 1 is 1.25 bits per heavy atom. The van der Waals surface area contributed by atoms with Crippen molar-refractivity contribution in [3.8, 4) is 6.01 Å². The summed E-state index contributed by atoms with van der Waals surface area (Å²) >= 11 is 5.77. The van der Waals surface area contributed by atoms with E-state index in [1.807, 2.05) is 0 Å². The highest BCUT2D eigenvalue weighted by Crippen LogP contribution is 2.32. The maximum atomic E-state index is 10.2. The Hall–Kier alpha value is -1.48. The van der Waals surface area contributed by atoms with Crippen molar-refractivity contribution in [1.82, 2.24) is 19.5 Å². The van der Waals surface area contributed by atoms with Gasteiger partial charge in [-0.3, -0.25) is 4.57 Å². The van der Waals surface area contributed by atoms with E-state index in [4.69, 9.17) is 21.1 Å². The Labute approximate surface area is 143 Å². The molecule has 2 aromatic rings. The average Bonchev–Trinajstić information content (AvgIpc) is 3.29. The number of rotatable bonds is 4. The fourth-order valence-corrected chi connectivity index (χ4v) is 3.55. The third kappa shape index (κ3) is 2.73. The second-order valence-electron chi connectivity index (χ2n) is 6.24. The number of ether oxygens (including phenoxy) is 2. The number of imidazole rings is 1. The topological polar surface area (TPSA) is 103 Å². The fraction of sp³-hybridized carbons (Fsp3) is 0.667. The van der Waals surface area contributed by atoms with Crippen molar-refractivity contribution in [3.63, 3.8) is 0 Å². The number of nitrogens with zero attached hydrogens (tertiary/aromatic N) is 4. The smallest absolute Gasteiger partial charge is 0.318 e. The Balaban J connectivity index is 1.63. The van der Waals surface area contributed by atoms with Gasteiger partial charge in [-0.2, -0.15) is 4.98 Å². The second-order valence-corrected chi connectivity index (χ2v) is 6.55. The summed E-state index contributed by atoms with van der Waals surface area (Å²) in [6.45, 7) is 0. The van der Waals surface area contributed by atoms with Gasteiger partial charge < -0.3 is 19.7 Å². The van der Waals surface area contributed by atoms with Gasteiger partial charge in [-0.15, -0.1) is 11.6 Å². The Morgan fingerprint density at radius 3 is 2.75 bits per heavy atom.